The topological polar surface area (TPSA) is 59.8 Å². The second-order valence-electron chi connectivity index (χ2n) is 5.87. The maximum Gasteiger partial charge on any atom is 0.256 e. The van der Waals surface area contributed by atoms with Crippen molar-refractivity contribution in [3.63, 3.8) is 0 Å². The summed E-state index contributed by atoms with van der Waals surface area (Å²) in [5.74, 6) is -0.0153. The third-order valence-corrected chi connectivity index (χ3v) is 5.68. The molecule has 2 aromatic heterocycles. The van der Waals surface area contributed by atoms with Crippen LogP contribution in [0.3, 0.4) is 0 Å². The summed E-state index contributed by atoms with van der Waals surface area (Å²) in [6, 6.07) is 13.6. The minimum atomic E-state index is -0.309. The molecule has 8 heteroatoms. The number of amides is 1. The fourth-order valence-electron chi connectivity index (χ4n) is 2.64. The van der Waals surface area contributed by atoms with E-state index in [1.165, 1.54) is 23.5 Å². The number of thioether (sulfide) groups is 1. The van der Waals surface area contributed by atoms with Crippen molar-refractivity contribution in [3.8, 4) is 5.13 Å². The number of carbonyl (C=O) groups excluding carboxylic acids is 1. The zero-order valence-corrected chi connectivity index (χ0v) is 16.2. The Hall–Kier alpha value is -2.71. The zero-order chi connectivity index (χ0) is 19.0. The Kier molecular flexibility index (Phi) is 4.67. The quantitative estimate of drug-likeness (QED) is 0.497. The van der Waals surface area contributed by atoms with Gasteiger partial charge in [0.25, 0.3) is 5.91 Å². The van der Waals surface area contributed by atoms with Gasteiger partial charge in [0.2, 0.25) is 5.13 Å². The highest BCUT2D eigenvalue weighted by Crippen LogP contribution is 2.28. The number of nitrogens with one attached hydrogen (secondary N) is 1. The normalized spacial score (nSPS) is 11.1. The fraction of sp³-hybridized carbons (Fsp3) is 0.105. The summed E-state index contributed by atoms with van der Waals surface area (Å²) in [6.07, 6.45) is 1.99. The van der Waals surface area contributed by atoms with Gasteiger partial charge < -0.3 is 5.32 Å². The molecule has 0 atom stereocenters. The van der Waals surface area contributed by atoms with Crippen molar-refractivity contribution >= 4 is 45.0 Å². The molecule has 5 nitrogen and oxygen atoms in total. The molecule has 0 spiro atoms. The molecular weight excluding hydrogens is 383 g/mol. The summed E-state index contributed by atoms with van der Waals surface area (Å²) in [6.45, 7) is 1.84. The van der Waals surface area contributed by atoms with Crippen molar-refractivity contribution in [3.05, 3.63) is 65.6 Å². The molecule has 0 saturated heterocycles. The van der Waals surface area contributed by atoms with Crippen LogP contribution in [0.4, 0.5) is 10.2 Å². The van der Waals surface area contributed by atoms with Crippen molar-refractivity contribution in [1.29, 1.82) is 0 Å². The monoisotopic (exact) mass is 398 g/mol. The maximum atomic E-state index is 13.4. The molecule has 2 heterocycles. The Morgan fingerprint density at radius 3 is 2.70 bits per heavy atom. The highest BCUT2D eigenvalue weighted by atomic mass is 32.2. The summed E-state index contributed by atoms with van der Waals surface area (Å²) < 4.78 is 15.7. The van der Waals surface area contributed by atoms with Crippen molar-refractivity contribution in [2.24, 2.45) is 0 Å². The van der Waals surface area contributed by atoms with E-state index in [4.69, 9.17) is 0 Å². The van der Waals surface area contributed by atoms with Gasteiger partial charge in [-0.15, -0.1) is 11.8 Å². The van der Waals surface area contributed by atoms with Crippen LogP contribution in [-0.4, -0.2) is 26.9 Å². The molecule has 0 aliphatic carbocycles. The number of nitrogens with zero attached hydrogens (tertiary/aromatic N) is 3. The van der Waals surface area contributed by atoms with Gasteiger partial charge in [-0.1, -0.05) is 11.3 Å². The van der Waals surface area contributed by atoms with E-state index in [2.05, 4.69) is 15.4 Å². The van der Waals surface area contributed by atoms with Gasteiger partial charge in [-0.05, 0) is 55.6 Å². The van der Waals surface area contributed by atoms with Gasteiger partial charge in [-0.3, -0.25) is 4.79 Å². The van der Waals surface area contributed by atoms with E-state index in [1.54, 1.807) is 40.7 Å². The molecule has 4 aromatic rings. The smallest absolute Gasteiger partial charge is 0.256 e. The minimum Gasteiger partial charge on any atom is -0.306 e. The van der Waals surface area contributed by atoms with E-state index in [0.29, 0.717) is 22.0 Å². The predicted molar refractivity (Wildman–Crippen MR) is 108 cm³/mol. The number of aromatic nitrogens is 3. The molecule has 0 fully saturated rings. The second kappa shape index (κ2) is 7.13. The van der Waals surface area contributed by atoms with Crippen LogP contribution >= 0.6 is 23.1 Å². The van der Waals surface area contributed by atoms with Gasteiger partial charge in [-0.2, -0.15) is 9.78 Å². The van der Waals surface area contributed by atoms with Crippen LogP contribution in [0.25, 0.3) is 15.3 Å². The van der Waals surface area contributed by atoms with Crippen molar-refractivity contribution in [2.75, 3.05) is 11.6 Å². The van der Waals surface area contributed by atoms with Crippen LogP contribution in [0.2, 0.25) is 0 Å². The summed E-state index contributed by atoms with van der Waals surface area (Å²) in [4.78, 5) is 18.2. The van der Waals surface area contributed by atoms with E-state index in [0.717, 1.165) is 15.3 Å². The summed E-state index contributed by atoms with van der Waals surface area (Å²) in [5, 5.41) is 7.88. The summed E-state index contributed by atoms with van der Waals surface area (Å²) in [7, 11) is 0. The Bertz CT molecular complexity index is 1130. The lowest BCUT2D eigenvalue weighted by molar-refractivity contribution is 0.102. The Morgan fingerprint density at radius 1 is 1.19 bits per heavy atom. The molecule has 136 valence electrons. The Morgan fingerprint density at radius 2 is 1.96 bits per heavy atom. The lowest BCUT2D eigenvalue weighted by Crippen LogP contribution is -2.15. The average molecular weight is 398 g/mol. The number of hydrogen-bond donors (Lipinski definition) is 1. The van der Waals surface area contributed by atoms with Crippen LogP contribution in [0, 0.1) is 12.7 Å². The molecule has 27 heavy (non-hydrogen) atoms. The molecule has 0 aliphatic heterocycles. The standard InChI is InChI=1S/C19H15FN4OS2/c1-11-9-17(22-18(25)12-3-6-14(26-2)7-4-12)24(23-11)19-21-15-8-5-13(20)10-16(15)27-19/h3-10H,1-2H3,(H,22,25). The van der Waals surface area contributed by atoms with Gasteiger partial charge in [0.15, 0.2) is 0 Å². The van der Waals surface area contributed by atoms with Gasteiger partial charge in [0.05, 0.1) is 15.9 Å². The number of anilines is 1. The Labute approximate surface area is 163 Å². The lowest BCUT2D eigenvalue weighted by Gasteiger charge is -2.07. The molecule has 0 saturated carbocycles. The molecule has 0 aliphatic rings. The van der Waals surface area contributed by atoms with Gasteiger partial charge in [0.1, 0.15) is 11.6 Å². The summed E-state index contributed by atoms with van der Waals surface area (Å²) >= 11 is 2.93. The van der Waals surface area contributed by atoms with E-state index >= 15 is 0 Å². The van der Waals surface area contributed by atoms with Gasteiger partial charge >= 0.3 is 0 Å². The number of thiazole rings is 1. The van der Waals surface area contributed by atoms with Crippen LogP contribution in [0.15, 0.2) is 53.4 Å². The predicted octanol–water partition coefficient (Wildman–Crippen LogP) is 4.90. The van der Waals surface area contributed by atoms with Crippen LogP contribution in [0.1, 0.15) is 16.1 Å². The minimum absolute atomic E-state index is 0.226. The number of aryl methyl sites for hydroxylation is 1. The van der Waals surface area contributed by atoms with Crippen LogP contribution in [0.5, 0.6) is 0 Å². The molecular formula is C19H15FN4OS2. The van der Waals surface area contributed by atoms with Gasteiger partial charge in [0, 0.05) is 16.5 Å². The van der Waals surface area contributed by atoms with E-state index in [-0.39, 0.29) is 11.7 Å². The number of rotatable bonds is 4. The first-order valence-electron chi connectivity index (χ1n) is 8.12. The Balaban J connectivity index is 1.66. The number of hydrogen-bond acceptors (Lipinski definition) is 5. The lowest BCUT2D eigenvalue weighted by atomic mass is 10.2. The van der Waals surface area contributed by atoms with Crippen molar-refractivity contribution < 1.29 is 9.18 Å². The molecule has 1 N–H and O–H groups in total. The molecule has 2 aromatic carbocycles. The third kappa shape index (κ3) is 3.58. The van der Waals surface area contributed by atoms with Crippen LogP contribution < -0.4 is 5.32 Å². The average Bonchev–Trinajstić information content (AvgIpc) is 3.24. The first-order valence-corrected chi connectivity index (χ1v) is 10.2. The number of fused-ring (bicyclic) bond motifs is 1. The van der Waals surface area contributed by atoms with E-state index in [9.17, 15) is 9.18 Å². The molecule has 0 unspecified atom stereocenters. The number of halogens is 1. The van der Waals surface area contributed by atoms with E-state index < -0.39 is 0 Å². The molecule has 0 radical (unpaired) electrons. The number of benzene rings is 2. The van der Waals surface area contributed by atoms with Crippen LogP contribution in [-0.2, 0) is 0 Å². The fourth-order valence-corrected chi connectivity index (χ4v) is 4.01. The highest BCUT2D eigenvalue weighted by Gasteiger charge is 2.15. The first kappa shape index (κ1) is 17.7. The van der Waals surface area contributed by atoms with Gasteiger partial charge in [-0.25, -0.2) is 9.37 Å². The zero-order valence-electron chi connectivity index (χ0n) is 14.6. The highest BCUT2D eigenvalue weighted by molar-refractivity contribution is 7.98. The third-order valence-electron chi connectivity index (χ3n) is 3.95. The first-order chi connectivity index (χ1) is 13.0. The molecule has 0 bridgehead atoms. The number of carbonyl (C=O) groups is 1. The summed E-state index contributed by atoms with van der Waals surface area (Å²) in [5.41, 5.74) is 1.99. The SMILES string of the molecule is CSc1ccc(C(=O)Nc2cc(C)nn2-c2nc3ccc(F)cc3s2)cc1. The van der Waals surface area contributed by atoms with E-state index in [1.807, 2.05) is 25.3 Å². The maximum absolute atomic E-state index is 13.4. The second-order valence-corrected chi connectivity index (χ2v) is 7.76. The molecule has 1 amide bonds. The largest absolute Gasteiger partial charge is 0.306 e. The molecule has 4 rings (SSSR count). The van der Waals surface area contributed by atoms with Crippen molar-refractivity contribution in [2.45, 2.75) is 11.8 Å². The van der Waals surface area contributed by atoms with Crippen molar-refractivity contribution in [1.82, 2.24) is 14.8 Å².